The molecule has 0 aliphatic carbocycles. The zero-order valence-corrected chi connectivity index (χ0v) is 13.3. The summed E-state index contributed by atoms with van der Waals surface area (Å²) >= 11 is 0. The number of hydrogen-bond acceptors (Lipinski definition) is 5. The van der Waals surface area contributed by atoms with E-state index in [0.29, 0.717) is 37.1 Å². The Labute approximate surface area is 127 Å². The average Bonchev–Trinajstić information content (AvgIpc) is 2.53. The lowest BCUT2D eigenvalue weighted by Gasteiger charge is -2.14. The minimum Gasteiger partial charge on any atom is -0.493 e. The quantitative estimate of drug-likeness (QED) is 0.601. The molecular weight excluding hydrogens is 270 g/mol. The predicted octanol–water partition coefficient (Wildman–Crippen LogP) is 2.49. The predicted molar refractivity (Wildman–Crippen MR) is 83.6 cm³/mol. The highest BCUT2D eigenvalue weighted by Gasteiger charge is 2.10. The van der Waals surface area contributed by atoms with Gasteiger partial charge >= 0.3 is 0 Å². The molecule has 21 heavy (non-hydrogen) atoms. The van der Waals surface area contributed by atoms with Gasteiger partial charge < -0.3 is 24.3 Å². The van der Waals surface area contributed by atoms with E-state index in [1.54, 1.807) is 14.2 Å². The molecular formula is C16H27NO4. The molecule has 0 heterocycles. The van der Waals surface area contributed by atoms with Crippen molar-refractivity contribution in [1.29, 1.82) is 0 Å². The molecule has 120 valence electrons. The SMILES string of the molecule is CCCCNCCOCCOc1c(OC)cccc1OC. The van der Waals surface area contributed by atoms with Crippen LogP contribution in [-0.2, 0) is 4.74 Å². The number of benzene rings is 1. The van der Waals surface area contributed by atoms with Crippen LogP contribution in [-0.4, -0.2) is 47.1 Å². The molecule has 1 aromatic carbocycles. The van der Waals surface area contributed by atoms with E-state index >= 15 is 0 Å². The Hall–Kier alpha value is -1.46. The third kappa shape index (κ3) is 6.69. The van der Waals surface area contributed by atoms with Gasteiger partial charge in [-0.05, 0) is 25.1 Å². The van der Waals surface area contributed by atoms with Gasteiger partial charge in [0.2, 0.25) is 5.75 Å². The van der Waals surface area contributed by atoms with Crippen LogP contribution in [0.25, 0.3) is 0 Å². The highest BCUT2D eigenvalue weighted by atomic mass is 16.6. The molecule has 0 spiro atoms. The van der Waals surface area contributed by atoms with E-state index in [1.807, 2.05) is 18.2 Å². The Balaban J connectivity index is 2.20. The summed E-state index contributed by atoms with van der Waals surface area (Å²) in [6.07, 6.45) is 2.42. The number of para-hydroxylation sites is 1. The molecule has 0 aliphatic rings. The van der Waals surface area contributed by atoms with Crippen LogP contribution < -0.4 is 19.5 Å². The monoisotopic (exact) mass is 297 g/mol. The molecule has 0 bridgehead atoms. The molecule has 0 fully saturated rings. The van der Waals surface area contributed by atoms with Crippen LogP contribution in [0.2, 0.25) is 0 Å². The van der Waals surface area contributed by atoms with E-state index in [-0.39, 0.29) is 0 Å². The Morgan fingerprint density at radius 3 is 2.29 bits per heavy atom. The third-order valence-corrected chi connectivity index (χ3v) is 2.99. The van der Waals surface area contributed by atoms with E-state index < -0.39 is 0 Å². The first-order valence-corrected chi connectivity index (χ1v) is 7.45. The molecule has 5 nitrogen and oxygen atoms in total. The van der Waals surface area contributed by atoms with Crippen LogP contribution in [0.15, 0.2) is 18.2 Å². The van der Waals surface area contributed by atoms with Crippen LogP contribution in [0.5, 0.6) is 17.2 Å². The maximum Gasteiger partial charge on any atom is 0.203 e. The Kier molecular flexibility index (Phi) is 9.40. The molecule has 1 aromatic rings. The Morgan fingerprint density at radius 1 is 0.952 bits per heavy atom. The molecule has 0 unspecified atom stereocenters. The van der Waals surface area contributed by atoms with Gasteiger partial charge in [-0.25, -0.2) is 0 Å². The maximum atomic E-state index is 5.70. The van der Waals surface area contributed by atoms with Crippen LogP contribution in [0.1, 0.15) is 19.8 Å². The van der Waals surface area contributed by atoms with Crippen molar-refractivity contribution < 1.29 is 18.9 Å². The molecule has 1 N–H and O–H groups in total. The second-order valence-corrected chi connectivity index (χ2v) is 4.56. The number of hydrogen-bond donors (Lipinski definition) is 1. The van der Waals surface area contributed by atoms with Crippen molar-refractivity contribution >= 4 is 0 Å². The Bertz CT molecular complexity index is 362. The van der Waals surface area contributed by atoms with E-state index in [9.17, 15) is 0 Å². The van der Waals surface area contributed by atoms with Gasteiger partial charge in [0.05, 0.1) is 27.4 Å². The van der Waals surface area contributed by atoms with Crippen molar-refractivity contribution in [3.8, 4) is 17.2 Å². The second-order valence-electron chi connectivity index (χ2n) is 4.56. The molecule has 0 atom stereocenters. The summed E-state index contributed by atoms with van der Waals surface area (Å²) in [5.74, 6) is 1.94. The van der Waals surface area contributed by atoms with Gasteiger partial charge in [0.25, 0.3) is 0 Å². The van der Waals surface area contributed by atoms with E-state index in [0.717, 1.165) is 13.1 Å². The summed E-state index contributed by atoms with van der Waals surface area (Å²) in [5, 5.41) is 3.33. The van der Waals surface area contributed by atoms with Crippen molar-refractivity contribution in [2.45, 2.75) is 19.8 Å². The normalized spacial score (nSPS) is 10.4. The molecule has 0 amide bonds. The van der Waals surface area contributed by atoms with Crippen LogP contribution >= 0.6 is 0 Å². The number of nitrogens with one attached hydrogen (secondary N) is 1. The first-order chi connectivity index (χ1) is 10.3. The fraction of sp³-hybridized carbons (Fsp3) is 0.625. The largest absolute Gasteiger partial charge is 0.493 e. The van der Waals surface area contributed by atoms with Gasteiger partial charge in [0.1, 0.15) is 6.61 Å². The molecule has 0 radical (unpaired) electrons. The summed E-state index contributed by atoms with van der Waals surface area (Å²) < 4.78 is 21.7. The minimum atomic E-state index is 0.464. The fourth-order valence-corrected chi connectivity index (χ4v) is 1.84. The van der Waals surface area contributed by atoms with Crippen LogP contribution in [0.3, 0.4) is 0 Å². The van der Waals surface area contributed by atoms with Crippen molar-refractivity contribution in [2.24, 2.45) is 0 Å². The zero-order chi connectivity index (χ0) is 15.3. The molecule has 0 saturated carbocycles. The summed E-state index contributed by atoms with van der Waals surface area (Å²) in [7, 11) is 3.22. The van der Waals surface area contributed by atoms with Gasteiger partial charge in [-0.15, -0.1) is 0 Å². The number of rotatable bonds is 12. The Morgan fingerprint density at radius 2 is 1.67 bits per heavy atom. The lowest BCUT2D eigenvalue weighted by Crippen LogP contribution is -2.21. The molecule has 0 saturated heterocycles. The first-order valence-electron chi connectivity index (χ1n) is 7.45. The second kappa shape index (κ2) is 11.2. The zero-order valence-electron chi connectivity index (χ0n) is 13.3. The van der Waals surface area contributed by atoms with Crippen molar-refractivity contribution in [2.75, 3.05) is 47.1 Å². The highest BCUT2D eigenvalue weighted by Crippen LogP contribution is 2.36. The smallest absolute Gasteiger partial charge is 0.203 e. The van der Waals surface area contributed by atoms with Crippen LogP contribution in [0.4, 0.5) is 0 Å². The van der Waals surface area contributed by atoms with Gasteiger partial charge in [-0.3, -0.25) is 0 Å². The summed E-state index contributed by atoms with van der Waals surface area (Å²) in [4.78, 5) is 0. The van der Waals surface area contributed by atoms with Gasteiger partial charge in [-0.1, -0.05) is 19.4 Å². The molecule has 0 aromatic heterocycles. The fourth-order valence-electron chi connectivity index (χ4n) is 1.84. The van der Waals surface area contributed by atoms with Gasteiger partial charge in [0, 0.05) is 6.54 Å². The lowest BCUT2D eigenvalue weighted by atomic mass is 10.3. The molecule has 0 aliphatic heterocycles. The van der Waals surface area contributed by atoms with Crippen molar-refractivity contribution in [3.63, 3.8) is 0 Å². The summed E-state index contributed by atoms with van der Waals surface area (Å²) in [5.41, 5.74) is 0. The maximum absolute atomic E-state index is 5.70. The molecule has 1 rings (SSSR count). The van der Waals surface area contributed by atoms with E-state index in [2.05, 4.69) is 12.2 Å². The minimum absolute atomic E-state index is 0.464. The number of ether oxygens (including phenoxy) is 4. The summed E-state index contributed by atoms with van der Waals surface area (Å²) in [6.45, 7) is 5.80. The first kappa shape index (κ1) is 17.6. The van der Waals surface area contributed by atoms with E-state index in [4.69, 9.17) is 18.9 Å². The highest BCUT2D eigenvalue weighted by molar-refractivity contribution is 5.51. The van der Waals surface area contributed by atoms with Crippen LogP contribution in [0, 0.1) is 0 Å². The average molecular weight is 297 g/mol. The summed E-state index contributed by atoms with van der Waals surface area (Å²) in [6, 6.07) is 5.55. The standard InChI is InChI=1S/C16H27NO4/c1-4-5-9-17-10-11-20-12-13-21-16-14(18-2)7-6-8-15(16)19-3/h6-8,17H,4-5,9-13H2,1-3H3. The van der Waals surface area contributed by atoms with Gasteiger partial charge in [0.15, 0.2) is 11.5 Å². The van der Waals surface area contributed by atoms with Crippen molar-refractivity contribution in [1.82, 2.24) is 5.32 Å². The van der Waals surface area contributed by atoms with Gasteiger partial charge in [-0.2, -0.15) is 0 Å². The lowest BCUT2D eigenvalue weighted by molar-refractivity contribution is 0.0994. The van der Waals surface area contributed by atoms with Crippen molar-refractivity contribution in [3.05, 3.63) is 18.2 Å². The molecule has 5 heteroatoms. The third-order valence-electron chi connectivity index (χ3n) is 2.99. The topological polar surface area (TPSA) is 49.0 Å². The van der Waals surface area contributed by atoms with E-state index in [1.165, 1.54) is 12.8 Å². The number of unbranched alkanes of at least 4 members (excludes halogenated alkanes) is 1. The number of methoxy groups -OCH3 is 2.